The Bertz CT molecular complexity index is 995. The first-order chi connectivity index (χ1) is 12.6. The van der Waals surface area contributed by atoms with E-state index in [0.29, 0.717) is 34.8 Å². The Hall–Kier alpha value is -3.15. The average Bonchev–Trinajstić information content (AvgIpc) is 2.64. The number of para-hydroxylation sites is 1. The number of amides is 1. The second kappa shape index (κ2) is 7.82. The van der Waals surface area contributed by atoms with Gasteiger partial charge < -0.3 is 10.1 Å². The molecule has 0 radical (unpaired) electrons. The maximum absolute atomic E-state index is 12.6. The summed E-state index contributed by atoms with van der Waals surface area (Å²) in [5, 5.41) is 3.30. The van der Waals surface area contributed by atoms with Gasteiger partial charge >= 0.3 is 0 Å². The van der Waals surface area contributed by atoms with E-state index in [1.165, 1.54) is 4.57 Å². The molecule has 1 aromatic heterocycles. The van der Waals surface area contributed by atoms with Gasteiger partial charge in [0, 0.05) is 11.8 Å². The summed E-state index contributed by atoms with van der Waals surface area (Å²) in [6.45, 7) is 4.28. The van der Waals surface area contributed by atoms with E-state index in [1.54, 1.807) is 37.3 Å². The molecule has 0 bridgehead atoms. The Kier molecular flexibility index (Phi) is 5.31. The van der Waals surface area contributed by atoms with Gasteiger partial charge in [0.2, 0.25) is 5.91 Å². The summed E-state index contributed by atoms with van der Waals surface area (Å²) in [6, 6.07) is 14.3. The Labute approximate surface area is 151 Å². The van der Waals surface area contributed by atoms with Crippen LogP contribution in [0.4, 0.5) is 5.69 Å². The predicted molar refractivity (Wildman–Crippen MR) is 102 cm³/mol. The SMILES string of the molecule is CCCOc1cccc(NC(=O)Cn2c(C)nc3ccccc3c2=O)c1. The number of nitrogens with zero attached hydrogens (tertiary/aromatic N) is 2. The molecule has 134 valence electrons. The molecular weight excluding hydrogens is 330 g/mol. The normalized spacial score (nSPS) is 10.7. The van der Waals surface area contributed by atoms with Crippen molar-refractivity contribution >= 4 is 22.5 Å². The smallest absolute Gasteiger partial charge is 0.261 e. The molecule has 0 saturated heterocycles. The molecule has 26 heavy (non-hydrogen) atoms. The molecule has 1 N–H and O–H groups in total. The lowest BCUT2D eigenvalue weighted by molar-refractivity contribution is -0.116. The summed E-state index contributed by atoms with van der Waals surface area (Å²) in [7, 11) is 0. The summed E-state index contributed by atoms with van der Waals surface area (Å²) in [5.74, 6) is 0.911. The predicted octanol–water partition coefficient (Wildman–Crippen LogP) is 3.13. The lowest BCUT2D eigenvalue weighted by Gasteiger charge is -2.12. The zero-order chi connectivity index (χ0) is 18.5. The number of carbonyl (C=O) groups is 1. The van der Waals surface area contributed by atoms with Crippen LogP contribution in [-0.4, -0.2) is 22.1 Å². The number of rotatable bonds is 6. The van der Waals surface area contributed by atoms with Crippen LogP contribution in [0.2, 0.25) is 0 Å². The second-order valence-corrected chi connectivity index (χ2v) is 5.99. The molecule has 6 heteroatoms. The average molecular weight is 351 g/mol. The van der Waals surface area contributed by atoms with Crippen LogP contribution in [0.15, 0.2) is 53.3 Å². The number of ether oxygens (including phenoxy) is 1. The Morgan fingerprint density at radius 2 is 2.00 bits per heavy atom. The van der Waals surface area contributed by atoms with E-state index in [0.717, 1.165) is 6.42 Å². The number of aryl methyl sites for hydroxylation is 1. The van der Waals surface area contributed by atoms with Crippen molar-refractivity contribution in [2.24, 2.45) is 0 Å². The van der Waals surface area contributed by atoms with Crippen molar-refractivity contribution in [3.05, 3.63) is 64.7 Å². The number of fused-ring (bicyclic) bond motifs is 1. The summed E-state index contributed by atoms with van der Waals surface area (Å²) in [4.78, 5) is 29.4. The molecule has 3 rings (SSSR count). The van der Waals surface area contributed by atoms with Gasteiger partial charge in [0.05, 0.1) is 17.5 Å². The first kappa shape index (κ1) is 17.7. The standard InChI is InChI=1S/C20H21N3O3/c1-3-11-26-16-8-6-7-15(12-16)22-19(24)13-23-14(2)21-18-10-5-4-9-17(18)20(23)25/h4-10,12H,3,11,13H2,1-2H3,(H,22,24). The number of anilines is 1. The van der Waals surface area contributed by atoms with Crippen LogP contribution >= 0.6 is 0 Å². The quantitative estimate of drug-likeness (QED) is 0.740. The molecule has 1 heterocycles. The molecular formula is C20H21N3O3. The maximum Gasteiger partial charge on any atom is 0.261 e. The van der Waals surface area contributed by atoms with Crippen molar-refractivity contribution in [1.29, 1.82) is 0 Å². The van der Waals surface area contributed by atoms with Crippen LogP contribution in [0.3, 0.4) is 0 Å². The van der Waals surface area contributed by atoms with Gasteiger partial charge in [0.1, 0.15) is 18.1 Å². The zero-order valence-electron chi connectivity index (χ0n) is 14.9. The van der Waals surface area contributed by atoms with Gasteiger partial charge in [-0.05, 0) is 37.6 Å². The summed E-state index contributed by atoms with van der Waals surface area (Å²) < 4.78 is 6.95. The second-order valence-electron chi connectivity index (χ2n) is 5.99. The fourth-order valence-corrected chi connectivity index (χ4v) is 2.69. The molecule has 0 aliphatic rings. The van der Waals surface area contributed by atoms with E-state index in [-0.39, 0.29) is 18.0 Å². The lowest BCUT2D eigenvalue weighted by atomic mass is 10.2. The molecule has 1 amide bonds. The largest absolute Gasteiger partial charge is 0.494 e. The van der Waals surface area contributed by atoms with Crippen molar-refractivity contribution in [3.63, 3.8) is 0 Å². The van der Waals surface area contributed by atoms with Gasteiger partial charge in [-0.15, -0.1) is 0 Å². The fraction of sp³-hybridized carbons (Fsp3) is 0.250. The number of nitrogens with one attached hydrogen (secondary N) is 1. The Morgan fingerprint density at radius 3 is 2.81 bits per heavy atom. The minimum Gasteiger partial charge on any atom is -0.494 e. The third kappa shape index (κ3) is 3.91. The van der Waals surface area contributed by atoms with E-state index in [2.05, 4.69) is 10.3 Å². The highest BCUT2D eigenvalue weighted by atomic mass is 16.5. The highest BCUT2D eigenvalue weighted by Crippen LogP contribution is 2.17. The van der Waals surface area contributed by atoms with Crippen LogP contribution in [0.5, 0.6) is 5.75 Å². The van der Waals surface area contributed by atoms with Crippen LogP contribution in [0, 0.1) is 6.92 Å². The fourth-order valence-electron chi connectivity index (χ4n) is 2.69. The zero-order valence-corrected chi connectivity index (χ0v) is 14.9. The molecule has 0 fully saturated rings. The molecule has 2 aromatic carbocycles. The van der Waals surface area contributed by atoms with E-state index >= 15 is 0 Å². The molecule has 3 aromatic rings. The van der Waals surface area contributed by atoms with Crippen molar-refractivity contribution < 1.29 is 9.53 Å². The van der Waals surface area contributed by atoms with Gasteiger partial charge in [-0.25, -0.2) is 4.98 Å². The number of benzene rings is 2. The molecule has 0 atom stereocenters. The van der Waals surface area contributed by atoms with Crippen molar-refractivity contribution in [1.82, 2.24) is 9.55 Å². The maximum atomic E-state index is 12.6. The van der Waals surface area contributed by atoms with Crippen LogP contribution in [0.1, 0.15) is 19.2 Å². The highest BCUT2D eigenvalue weighted by molar-refractivity contribution is 5.91. The molecule has 0 aliphatic heterocycles. The van der Waals surface area contributed by atoms with Crippen molar-refractivity contribution in [2.75, 3.05) is 11.9 Å². The van der Waals surface area contributed by atoms with Gasteiger partial charge in [0.25, 0.3) is 5.56 Å². The molecule has 0 aliphatic carbocycles. The minimum absolute atomic E-state index is 0.0947. The topological polar surface area (TPSA) is 73.2 Å². The van der Waals surface area contributed by atoms with Gasteiger partial charge in [-0.3, -0.25) is 14.2 Å². The molecule has 6 nitrogen and oxygen atoms in total. The lowest BCUT2D eigenvalue weighted by Crippen LogP contribution is -2.30. The first-order valence-electron chi connectivity index (χ1n) is 8.57. The van der Waals surface area contributed by atoms with Crippen LogP contribution in [0.25, 0.3) is 10.9 Å². The number of aromatic nitrogens is 2. The minimum atomic E-state index is -0.292. The monoisotopic (exact) mass is 351 g/mol. The van der Waals surface area contributed by atoms with E-state index < -0.39 is 0 Å². The summed E-state index contributed by atoms with van der Waals surface area (Å²) in [5.41, 5.74) is 1.04. The number of carbonyl (C=O) groups excluding carboxylic acids is 1. The van der Waals surface area contributed by atoms with E-state index in [9.17, 15) is 9.59 Å². The van der Waals surface area contributed by atoms with Crippen LogP contribution in [-0.2, 0) is 11.3 Å². The third-order valence-corrected chi connectivity index (χ3v) is 3.94. The molecule has 0 unspecified atom stereocenters. The number of hydrogen-bond acceptors (Lipinski definition) is 4. The number of hydrogen-bond donors (Lipinski definition) is 1. The Balaban J connectivity index is 1.78. The van der Waals surface area contributed by atoms with Gasteiger partial charge in [-0.2, -0.15) is 0 Å². The third-order valence-electron chi connectivity index (χ3n) is 3.94. The van der Waals surface area contributed by atoms with Crippen molar-refractivity contribution in [2.45, 2.75) is 26.8 Å². The summed E-state index contributed by atoms with van der Waals surface area (Å²) in [6.07, 6.45) is 0.910. The highest BCUT2D eigenvalue weighted by Gasteiger charge is 2.11. The van der Waals surface area contributed by atoms with Gasteiger partial charge in [-0.1, -0.05) is 25.1 Å². The van der Waals surface area contributed by atoms with E-state index in [4.69, 9.17) is 4.74 Å². The summed E-state index contributed by atoms with van der Waals surface area (Å²) >= 11 is 0. The molecule has 0 spiro atoms. The first-order valence-corrected chi connectivity index (χ1v) is 8.57. The van der Waals surface area contributed by atoms with E-state index in [1.807, 2.05) is 25.1 Å². The molecule has 0 saturated carbocycles. The Morgan fingerprint density at radius 1 is 1.19 bits per heavy atom. The van der Waals surface area contributed by atoms with Crippen LogP contribution < -0.4 is 15.6 Å². The van der Waals surface area contributed by atoms with Crippen molar-refractivity contribution in [3.8, 4) is 5.75 Å². The van der Waals surface area contributed by atoms with Gasteiger partial charge in [0.15, 0.2) is 0 Å².